The van der Waals surface area contributed by atoms with Crippen molar-refractivity contribution in [3.63, 3.8) is 0 Å². The van der Waals surface area contributed by atoms with Gasteiger partial charge in [-0.15, -0.1) is 10.2 Å². The molecule has 2 aromatic rings. The monoisotopic (exact) mass is 264 g/mol. The Labute approximate surface area is 110 Å². The first-order valence-electron chi connectivity index (χ1n) is 5.49. The zero-order chi connectivity index (χ0) is 13.0. The molecule has 0 saturated heterocycles. The fourth-order valence-corrected chi connectivity index (χ4v) is 1.82. The first-order valence-corrected chi connectivity index (χ1v) is 5.87. The SMILES string of the molecule is COc1ccc(C(O)Cc2cccc(Cl)c2)nn1. The normalized spacial score (nSPS) is 12.2. The summed E-state index contributed by atoms with van der Waals surface area (Å²) in [6, 6.07) is 10.7. The molecule has 1 aromatic heterocycles. The summed E-state index contributed by atoms with van der Waals surface area (Å²) in [4.78, 5) is 0. The van der Waals surface area contributed by atoms with Crippen LogP contribution in [0.2, 0.25) is 5.02 Å². The van der Waals surface area contributed by atoms with Crippen molar-refractivity contribution in [1.29, 1.82) is 0 Å². The van der Waals surface area contributed by atoms with Crippen LogP contribution in [0.3, 0.4) is 0 Å². The molecule has 0 radical (unpaired) electrons. The number of nitrogens with zero attached hydrogens (tertiary/aromatic N) is 2. The number of hydrogen-bond acceptors (Lipinski definition) is 4. The molecule has 0 saturated carbocycles. The van der Waals surface area contributed by atoms with Gasteiger partial charge in [0.25, 0.3) is 0 Å². The number of methoxy groups -OCH3 is 1. The van der Waals surface area contributed by atoms with E-state index in [2.05, 4.69) is 10.2 Å². The van der Waals surface area contributed by atoms with Gasteiger partial charge in [-0.2, -0.15) is 0 Å². The molecule has 0 amide bonds. The standard InChI is InChI=1S/C13H13ClN2O2/c1-18-13-6-5-11(15-16-13)12(17)8-9-3-2-4-10(14)7-9/h2-7,12,17H,8H2,1H3. The second-order valence-electron chi connectivity index (χ2n) is 3.85. The highest BCUT2D eigenvalue weighted by Gasteiger charge is 2.11. The van der Waals surface area contributed by atoms with E-state index in [1.807, 2.05) is 18.2 Å². The fourth-order valence-electron chi connectivity index (χ4n) is 1.61. The molecule has 1 heterocycles. The van der Waals surface area contributed by atoms with Crippen molar-refractivity contribution in [3.8, 4) is 5.88 Å². The summed E-state index contributed by atoms with van der Waals surface area (Å²) >= 11 is 5.89. The van der Waals surface area contributed by atoms with E-state index in [0.717, 1.165) is 5.56 Å². The fraction of sp³-hybridized carbons (Fsp3) is 0.231. The Hall–Kier alpha value is -1.65. The van der Waals surface area contributed by atoms with Gasteiger partial charge in [0, 0.05) is 17.5 Å². The number of ether oxygens (including phenoxy) is 1. The van der Waals surface area contributed by atoms with Crippen LogP contribution in [0.1, 0.15) is 17.4 Å². The third-order valence-corrected chi connectivity index (χ3v) is 2.76. The number of aliphatic hydroxyl groups excluding tert-OH is 1. The maximum absolute atomic E-state index is 10.0. The number of aromatic nitrogens is 2. The Bertz CT molecular complexity index is 517. The van der Waals surface area contributed by atoms with E-state index in [-0.39, 0.29) is 0 Å². The molecule has 18 heavy (non-hydrogen) atoms. The predicted molar refractivity (Wildman–Crippen MR) is 68.7 cm³/mol. The van der Waals surface area contributed by atoms with Crippen molar-refractivity contribution >= 4 is 11.6 Å². The van der Waals surface area contributed by atoms with E-state index >= 15 is 0 Å². The number of rotatable bonds is 4. The van der Waals surface area contributed by atoms with Gasteiger partial charge in [0.15, 0.2) is 0 Å². The molecule has 0 aliphatic carbocycles. The van der Waals surface area contributed by atoms with Crippen molar-refractivity contribution in [2.45, 2.75) is 12.5 Å². The summed E-state index contributed by atoms with van der Waals surface area (Å²) in [5.74, 6) is 0.425. The van der Waals surface area contributed by atoms with Crippen LogP contribution in [0, 0.1) is 0 Å². The summed E-state index contributed by atoms with van der Waals surface area (Å²) in [5.41, 5.74) is 1.46. The molecule has 94 valence electrons. The summed E-state index contributed by atoms with van der Waals surface area (Å²) < 4.78 is 4.91. The van der Waals surface area contributed by atoms with Crippen molar-refractivity contribution in [2.75, 3.05) is 7.11 Å². The van der Waals surface area contributed by atoms with Crippen LogP contribution in [0.5, 0.6) is 5.88 Å². The van der Waals surface area contributed by atoms with Gasteiger partial charge >= 0.3 is 0 Å². The van der Waals surface area contributed by atoms with Crippen LogP contribution in [0.25, 0.3) is 0 Å². The smallest absolute Gasteiger partial charge is 0.233 e. The Kier molecular flexibility index (Phi) is 4.12. The van der Waals surface area contributed by atoms with Crippen LogP contribution >= 0.6 is 11.6 Å². The lowest BCUT2D eigenvalue weighted by atomic mass is 10.1. The van der Waals surface area contributed by atoms with Crippen LogP contribution in [-0.2, 0) is 6.42 Å². The largest absolute Gasteiger partial charge is 0.480 e. The van der Waals surface area contributed by atoms with Gasteiger partial charge < -0.3 is 9.84 Å². The lowest BCUT2D eigenvalue weighted by Crippen LogP contribution is -2.05. The molecule has 0 bridgehead atoms. The van der Waals surface area contributed by atoms with Crippen LogP contribution in [0.15, 0.2) is 36.4 Å². The molecule has 1 atom stereocenters. The second-order valence-corrected chi connectivity index (χ2v) is 4.29. The molecule has 0 aliphatic heterocycles. The minimum atomic E-state index is -0.707. The Morgan fingerprint density at radius 3 is 2.72 bits per heavy atom. The van der Waals surface area contributed by atoms with Gasteiger partial charge in [0.05, 0.1) is 12.8 Å². The van der Waals surface area contributed by atoms with Gasteiger partial charge in [-0.05, 0) is 23.8 Å². The van der Waals surface area contributed by atoms with Crippen LogP contribution in [0.4, 0.5) is 0 Å². The first-order chi connectivity index (χ1) is 8.69. The minimum Gasteiger partial charge on any atom is -0.480 e. The molecule has 1 unspecified atom stereocenters. The van der Waals surface area contributed by atoms with Crippen LogP contribution in [-0.4, -0.2) is 22.4 Å². The molecule has 1 aromatic carbocycles. The maximum Gasteiger partial charge on any atom is 0.233 e. The second kappa shape index (κ2) is 5.80. The zero-order valence-corrected chi connectivity index (χ0v) is 10.6. The molecular weight excluding hydrogens is 252 g/mol. The topological polar surface area (TPSA) is 55.2 Å². The van der Waals surface area contributed by atoms with Gasteiger partial charge in [-0.3, -0.25) is 0 Å². The Morgan fingerprint density at radius 1 is 1.28 bits per heavy atom. The van der Waals surface area contributed by atoms with Crippen LogP contribution < -0.4 is 4.74 Å². The highest BCUT2D eigenvalue weighted by atomic mass is 35.5. The molecule has 1 N–H and O–H groups in total. The number of hydrogen-bond donors (Lipinski definition) is 1. The van der Waals surface area contributed by atoms with E-state index in [4.69, 9.17) is 16.3 Å². The molecule has 5 heteroatoms. The number of halogens is 1. The average molecular weight is 265 g/mol. The average Bonchev–Trinajstić information content (AvgIpc) is 2.39. The lowest BCUT2D eigenvalue weighted by molar-refractivity contribution is 0.172. The molecule has 2 rings (SSSR count). The van der Waals surface area contributed by atoms with E-state index in [0.29, 0.717) is 23.0 Å². The molecule has 0 spiro atoms. The highest BCUT2D eigenvalue weighted by molar-refractivity contribution is 6.30. The molecule has 0 aliphatic rings. The number of aliphatic hydroxyl groups is 1. The van der Waals surface area contributed by atoms with Crippen molar-refractivity contribution in [2.24, 2.45) is 0 Å². The van der Waals surface area contributed by atoms with E-state index < -0.39 is 6.10 Å². The summed E-state index contributed by atoms with van der Waals surface area (Å²) in [6.07, 6.45) is -0.261. The molecular formula is C13H13ClN2O2. The predicted octanol–water partition coefficient (Wildman–Crippen LogP) is 2.41. The van der Waals surface area contributed by atoms with E-state index in [1.54, 1.807) is 18.2 Å². The third-order valence-electron chi connectivity index (χ3n) is 2.53. The van der Waals surface area contributed by atoms with Gasteiger partial charge in [0.1, 0.15) is 6.10 Å². The van der Waals surface area contributed by atoms with Crippen molar-refractivity contribution in [1.82, 2.24) is 10.2 Å². The first kappa shape index (κ1) is 12.8. The van der Waals surface area contributed by atoms with Gasteiger partial charge in [-0.25, -0.2) is 0 Å². The summed E-state index contributed by atoms with van der Waals surface area (Å²) in [6.45, 7) is 0. The highest BCUT2D eigenvalue weighted by Crippen LogP contribution is 2.19. The third kappa shape index (κ3) is 3.18. The lowest BCUT2D eigenvalue weighted by Gasteiger charge is -2.10. The molecule has 4 nitrogen and oxygen atoms in total. The minimum absolute atomic E-state index is 0.425. The van der Waals surface area contributed by atoms with E-state index in [9.17, 15) is 5.11 Å². The molecule has 0 fully saturated rings. The van der Waals surface area contributed by atoms with Gasteiger partial charge in [-0.1, -0.05) is 23.7 Å². The Balaban J connectivity index is 2.09. The summed E-state index contributed by atoms with van der Waals surface area (Å²) in [5, 5.41) is 18.4. The van der Waals surface area contributed by atoms with Crippen molar-refractivity contribution in [3.05, 3.63) is 52.7 Å². The van der Waals surface area contributed by atoms with E-state index in [1.165, 1.54) is 7.11 Å². The van der Waals surface area contributed by atoms with Crippen molar-refractivity contribution < 1.29 is 9.84 Å². The number of benzene rings is 1. The maximum atomic E-state index is 10.0. The summed E-state index contributed by atoms with van der Waals surface area (Å²) in [7, 11) is 1.52. The zero-order valence-electron chi connectivity index (χ0n) is 9.88. The quantitative estimate of drug-likeness (QED) is 0.921. The van der Waals surface area contributed by atoms with Gasteiger partial charge in [0.2, 0.25) is 5.88 Å². The Morgan fingerprint density at radius 2 is 2.11 bits per heavy atom.